The van der Waals surface area contributed by atoms with Crippen LogP contribution in [0.3, 0.4) is 0 Å². The normalized spacial score (nSPS) is 10.5. The fraction of sp³-hybridized carbons (Fsp3) is 0.200. The molecular formula is C15H15F2NO. The lowest BCUT2D eigenvalue weighted by Crippen LogP contribution is -2.00. The molecule has 0 aromatic heterocycles. The molecule has 0 aliphatic rings. The minimum atomic E-state index is -0.585. The van der Waals surface area contributed by atoms with Crippen LogP contribution < -0.4 is 5.32 Å². The quantitative estimate of drug-likeness (QED) is 0.887. The van der Waals surface area contributed by atoms with E-state index in [1.807, 2.05) is 24.3 Å². The zero-order valence-corrected chi connectivity index (χ0v) is 10.6. The van der Waals surface area contributed by atoms with Gasteiger partial charge in [-0.1, -0.05) is 24.3 Å². The van der Waals surface area contributed by atoms with Crippen molar-refractivity contribution in [3.63, 3.8) is 0 Å². The summed E-state index contributed by atoms with van der Waals surface area (Å²) in [7, 11) is 1.65. The molecule has 2 aromatic rings. The van der Waals surface area contributed by atoms with Gasteiger partial charge in [0.05, 0.1) is 6.61 Å². The Balaban J connectivity index is 1.98. The average Bonchev–Trinajstić information content (AvgIpc) is 2.37. The zero-order chi connectivity index (χ0) is 13.7. The summed E-state index contributed by atoms with van der Waals surface area (Å²) in [6, 6.07) is 11.2. The Morgan fingerprint density at radius 2 is 1.53 bits per heavy atom. The van der Waals surface area contributed by atoms with Gasteiger partial charge >= 0.3 is 0 Å². The van der Waals surface area contributed by atoms with Crippen LogP contribution in [0.2, 0.25) is 0 Å². The zero-order valence-electron chi connectivity index (χ0n) is 10.6. The van der Waals surface area contributed by atoms with E-state index in [2.05, 4.69) is 5.32 Å². The molecule has 0 radical (unpaired) electrons. The van der Waals surface area contributed by atoms with Crippen molar-refractivity contribution >= 4 is 5.69 Å². The molecule has 4 heteroatoms. The highest BCUT2D eigenvalue weighted by molar-refractivity contribution is 5.44. The SMILES string of the molecule is COCc1ccc(CNc2cc(F)cc(F)c2)cc1. The van der Waals surface area contributed by atoms with Crippen molar-refractivity contribution in [3.8, 4) is 0 Å². The van der Waals surface area contributed by atoms with Crippen molar-refractivity contribution in [2.24, 2.45) is 0 Å². The van der Waals surface area contributed by atoms with Crippen LogP contribution in [0.5, 0.6) is 0 Å². The third kappa shape index (κ3) is 4.03. The maximum absolute atomic E-state index is 13.0. The van der Waals surface area contributed by atoms with E-state index in [1.165, 1.54) is 12.1 Å². The molecule has 0 aliphatic heterocycles. The number of rotatable bonds is 5. The molecule has 0 spiro atoms. The highest BCUT2D eigenvalue weighted by Crippen LogP contribution is 2.14. The third-order valence-corrected chi connectivity index (χ3v) is 2.69. The van der Waals surface area contributed by atoms with Crippen molar-refractivity contribution in [2.45, 2.75) is 13.2 Å². The minimum absolute atomic E-state index is 0.429. The van der Waals surface area contributed by atoms with Gasteiger partial charge in [0.2, 0.25) is 0 Å². The van der Waals surface area contributed by atoms with E-state index in [0.717, 1.165) is 17.2 Å². The summed E-state index contributed by atoms with van der Waals surface area (Å²) >= 11 is 0. The predicted octanol–water partition coefficient (Wildman–Crippen LogP) is 3.72. The van der Waals surface area contributed by atoms with E-state index in [4.69, 9.17) is 4.74 Å². The first-order valence-corrected chi connectivity index (χ1v) is 5.94. The van der Waals surface area contributed by atoms with Crippen LogP contribution in [0.25, 0.3) is 0 Å². The lowest BCUT2D eigenvalue weighted by atomic mass is 10.1. The molecule has 0 unspecified atom stereocenters. The fourth-order valence-corrected chi connectivity index (χ4v) is 1.78. The lowest BCUT2D eigenvalue weighted by molar-refractivity contribution is 0.185. The number of hydrogen-bond acceptors (Lipinski definition) is 2. The van der Waals surface area contributed by atoms with Gasteiger partial charge in [-0.15, -0.1) is 0 Å². The van der Waals surface area contributed by atoms with Crippen LogP contribution in [-0.2, 0) is 17.9 Å². The maximum atomic E-state index is 13.0. The average molecular weight is 263 g/mol. The fourth-order valence-electron chi connectivity index (χ4n) is 1.78. The number of anilines is 1. The van der Waals surface area contributed by atoms with Crippen molar-refractivity contribution < 1.29 is 13.5 Å². The molecule has 0 bridgehead atoms. The largest absolute Gasteiger partial charge is 0.381 e. The summed E-state index contributed by atoms with van der Waals surface area (Å²) in [4.78, 5) is 0. The number of benzene rings is 2. The Labute approximate surface area is 111 Å². The predicted molar refractivity (Wildman–Crippen MR) is 70.8 cm³/mol. The standard InChI is InChI=1S/C15H15F2NO/c1-19-10-12-4-2-11(3-5-12)9-18-15-7-13(16)6-14(17)8-15/h2-8,18H,9-10H2,1H3. The second kappa shape index (κ2) is 6.29. The number of hydrogen-bond donors (Lipinski definition) is 1. The molecule has 0 atom stereocenters. The minimum Gasteiger partial charge on any atom is -0.381 e. The van der Waals surface area contributed by atoms with E-state index >= 15 is 0 Å². The van der Waals surface area contributed by atoms with E-state index in [-0.39, 0.29) is 0 Å². The van der Waals surface area contributed by atoms with Gasteiger partial charge in [-0.05, 0) is 23.3 Å². The van der Waals surface area contributed by atoms with Gasteiger partial charge in [-0.25, -0.2) is 8.78 Å². The van der Waals surface area contributed by atoms with Crippen LogP contribution in [-0.4, -0.2) is 7.11 Å². The number of nitrogens with one attached hydrogen (secondary N) is 1. The molecular weight excluding hydrogens is 248 g/mol. The van der Waals surface area contributed by atoms with Crippen LogP contribution >= 0.6 is 0 Å². The van der Waals surface area contributed by atoms with Gasteiger partial charge in [0.15, 0.2) is 0 Å². The van der Waals surface area contributed by atoms with Gasteiger partial charge in [-0.3, -0.25) is 0 Å². The molecule has 0 amide bonds. The second-order valence-electron chi connectivity index (χ2n) is 4.26. The van der Waals surface area contributed by atoms with Gasteiger partial charge in [0.1, 0.15) is 11.6 Å². The monoisotopic (exact) mass is 263 g/mol. The first-order chi connectivity index (χ1) is 9.17. The van der Waals surface area contributed by atoms with E-state index in [0.29, 0.717) is 18.8 Å². The molecule has 0 heterocycles. The van der Waals surface area contributed by atoms with Gasteiger partial charge in [0.25, 0.3) is 0 Å². The van der Waals surface area contributed by atoms with Crippen molar-refractivity contribution in [1.82, 2.24) is 0 Å². The lowest BCUT2D eigenvalue weighted by Gasteiger charge is -2.08. The molecule has 1 N–H and O–H groups in total. The molecule has 0 fully saturated rings. The Morgan fingerprint density at radius 1 is 0.947 bits per heavy atom. The summed E-state index contributed by atoms with van der Waals surface area (Å²) in [6.07, 6.45) is 0. The Kier molecular flexibility index (Phi) is 4.47. The third-order valence-electron chi connectivity index (χ3n) is 2.69. The summed E-state index contributed by atoms with van der Waals surface area (Å²) in [5.74, 6) is -1.17. The van der Waals surface area contributed by atoms with E-state index in [9.17, 15) is 8.78 Å². The Bertz CT molecular complexity index is 520. The highest BCUT2D eigenvalue weighted by Gasteiger charge is 2.00. The van der Waals surface area contributed by atoms with Crippen LogP contribution in [0.15, 0.2) is 42.5 Å². The summed E-state index contributed by atoms with van der Waals surface area (Å²) in [5, 5.41) is 2.98. The Hall–Kier alpha value is -1.94. The summed E-state index contributed by atoms with van der Waals surface area (Å²) < 4.78 is 31.0. The summed E-state index contributed by atoms with van der Waals surface area (Å²) in [5.41, 5.74) is 2.55. The Morgan fingerprint density at radius 3 is 2.11 bits per heavy atom. The number of ether oxygens (including phenoxy) is 1. The topological polar surface area (TPSA) is 21.3 Å². The van der Waals surface area contributed by atoms with Crippen LogP contribution in [0.1, 0.15) is 11.1 Å². The molecule has 0 saturated carbocycles. The maximum Gasteiger partial charge on any atom is 0.128 e. The molecule has 100 valence electrons. The smallest absolute Gasteiger partial charge is 0.128 e. The molecule has 19 heavy (non-hydrogen) atoms. The number of methoxy groups -OCH3 is 1. The first kappa shape index (κ1) is 13.5. The molecule has 0 saturated heterocycles. The second-order valence-corrected chi connectivity index (χ2v) is 4.26. The van der Waals surface area contributed by atoms with Gasteiger partial charge in [-0.2, -0.15) is 0 Å². The van der Waals surface area contributed by atoms with Crippen molar-refractivity contribution in [2.75, 3.05) is 12.4 Å². The molecule has 2 rings (SSSR count). The molecule has 2 aromatic carbocycles. The van der Waals surface area contributed by atoms with E-state index in [1.54, 1.807) is 7.11 Å². The van der Waals surface area contributed by atoms with Crippen LogP contribution in [0.4, 0.5) is 14.5 Å². The van der Waals surface area contributed by atoms with Gasteiger partial charge < -0.3 is 10.1 Å². The molecule has 2 nitrogen and oxygen atoms in total. The molecule has 0 aliphatic carbocycles. The number of halogens is 2. The van der Waals surface area contributed by atoms with Gasteiger partial charge in [0, 0.05) is 25.4 Å². The van der Waals surface area contributed by atoms with Crippen molar-refractivity contribution in [1.29, 1.82) is 0 Å². The first-order valence-electron chi connectivity index (χ1n) is 5.94. The van der Waals surface area contributed by atoms with Crippen molar-refractivity contribution in [3.05, 3.63) is 65.2 Å². The summed E-state index contributed by atoms with van der Waals surface area (Å²) in [6.45, 7) is 1.08. The van der Waals surface area contributed by atoms with Crippen LogP contribution in [0, 0.1) is 11.6 Å². The highest BCUT2D eigenvalue weighted by atomic mass is 19.1. The van der Waals surface area contributed by atoms with E-state index < -0.39 is 11.6 Å².